The van der Waals surface area contributed by atoms with Crippen LogP contribution in [-0.2, 0) is 16.0 Å². The van der Waals surface area contributed by atoms with E-state index in [0.717, 1.165) is 38.9 Å². The maximum Gasteiger partial charge on any atom is 0.333 e. The normalized spacial score (nSPS) is 14.8. The lowest BCUT2D eigenvalue weighted by Gasteiger charge is -2.28. The van der Waals surface area contributed by atoms with Crippen molar-refractivity contribution in [2.75, 3.05) is 14.1 Å². The Morgan fingerprint density at radius 1 is 0.931 bits per heavy atom. The summed E-state index contributed by atoms with van der Waals surface area (Å²) < 4.78 is 2.10. The second-order valence-electron chi connectivity index (χ2n) is 7.50. The maximum atomic E-state index is 12.5. The predicted molar refractivity (Wildman–Crippen MR) is 113 cm³/mol. The van der Waals surface area contributed by atoms with Gasteiger partial charge in [-0.1, -0.05) is 25.5 Å². The highest BCUT2D eigenvalue weighted by Crippen LogP contribution is 2.25. The number of likely N-dealkylation sites (N-methyl/N-ethyl adjacent to an activating group) is 2. The summed E-state index contributed by atoms with van der Waals surface area (Å²) in [5.74, 6) is -1.16. The average Bonchev–Trinajstić information content (AvgIpc) is 3.00. The fourth-order valence-corrected chi connectivity index (χ4v) is 3.65. The molecule has 6 heteroatoms. The molecule has 0 radical (unpaired) electrons. The van der Waals surface area contributed by atoms with E-state index in [2.05, 4.69) is 35.8 Å². The number of aryl methyl sites for hydroxylation is 2. The molecule has 0 unspecified atom stereocenters. The third kappa shape index (κ3) is 3.75. The van der Waals surface area contributed by atoms with Gasteiger partial charge in [-0.25, -0.2) is 4.79 Å². The van der Waals surface area contributed by atoms with E-state index >= 15 is 0 Å². The highest BCUT2D eigenvalue weighted by atomic mass is 16.2. The first-order valence-corrected chi connectivity index (χ1v) is 9.86. The van der Waals surface area contributed by atoms with Crippen molar-refractivity contribution in [1.29, 1.82) is 0 Å². The van der Waals surface area contributed by atoms with Gasteiger partial charge in [0.05, 0.1) is 0 Å². The lowest BCUT2D eigenvalue weighted by Crippen LogP contribution is -2.52. The SMILES string of the molecule is CCCCc1ccc(-n2c(C)cc(C=C3C(=O)N(C)C(=O)N(C)C3=O)c2C)cc1. The minimum atomic E-state index is -0.620. The van der Waals surface area contributed by atoms with Gasteiger partial charge in [-0.05, 0) is 62.1 Å². The number of nitrogens with zero attached hydrogens (tertiary/aromatic N) is 3. The quantitative estimate of drug-likeness (QED) is 0.572. The lowest BCUT2D eigenvalue weighted by atomic mass is 10.1. The van der Waals surface area contributed by atoms with Gasteiger partial charge < -0.3 is 4.57 Å². The Morgan fingerprint density at radius 3 is 2.07 bits per heavy atom. The summed E-state index contributed by atoms with van der Waals surface area (Å²) in [7, 11) is 2.76. The van der Waals surface area contributed by atoms with Gasteiger partial charge in [-0.15, -0.1) is 0 Å². The van der Waals surface area contributed by atoms with Crippen LogP contribution in [0.15, 0.2) is 35.9 Å². The number of hydrogen-bond donors (Lipinski definition) is 0. The van der Waals surface area contributed by atoms with E-state index in [1.54, 1.807) is 6.08 Å². The molecule has 0 N–H and O–H groups in total. The third-order valence-corrected chi connectivity index (χ3v) is 5.43. The molecule has 1 aromatic heterocycles. The van der Waals surface area contributed by atoms with Crippen LogP contribution in [0, 0.1) is 13.8 Å². The molecule has 0 saturated carbocycles. The van der Waals surface area contributed by atoms with Crippen LogP contribution < -0.4 is 0 Å². The van der Waals surface area contributed by atoms with Crippen molar-refractivity contribution in [3.63, 3.8) is 0 Å². The van der Waals surface area contributed by atoms with E-state index in [4.69, 9.17) is 0 Å². The van der Waals surface area contributed by atoms with Crippen molar-refractivity contribution in [3.8, 4) is 5.69 Å². The molecule has 0 atom stereocenters. The number of unbranched alkanes of at least 4 members (excludes halogenated alkanes) is 1. The van der Waals surface area contributed by atoms with Crippen molar-refractivity contribution in [3.05, 3.63) is 58.4 Å². The molecule has 0 spiro atoms. The Morgan fingerprint density at radius 2 is 1.52 bits per heavy atom. The fourth-order valence-electron chi connectivity index (χ4n) is 3.65. The Labute approximate surface area is 171 Å². The highest BCUT2D eigenvalue weighted by Gasteiger charge is 2.37. The highest BCUT2D eigenvalue weighted by molar-refractivity contribution is 6.30. The zero-order valence-corrected chi connectivity index (χ0v) is 17.7. The molecular formula is C23H27N3O3. The summed E-state index contributed by atoms with van der Waals surface area (Å²) in [5.41, 5.74) is 5.06. The number of urea groups is 1. The van der Waals surface area contributed by atoms with Crippen LogP contribution in [0.3, 0.4) is 0 Å². The average molecular weight is 393 g/mol. The van der Waals surface area contributed by atoms with Crippen molar-refractivity contribution in [2.45, 2.75) is 40.0 Å². The minimum Gasteiger partial charge on any atom is -0.318 e. The van der Waals surface area contributed by atoms with Gasteiger partial charge in [0.1, 0.15) is 5.57 Å². The summed E-state index contributed by atoms with van der Waals surface area (Å²) in [6, 6.07) is 9.81. The van der Waals surface area contributed by atoms with Crippen LogP contribution in [0.1, 0.15) is 42.3 Å². The molecule has 0 bridgehead atoms. The number of carbonyl (C=O) groups is 3. The summed E-state index contributed by atoms with van der Waals surface area (Å²) in [6.45, 7) is 6.14. The fraction of sp³-hybridized carbons (Fsp3) is 0.348. The smallest absolute Gasteiger partial charge is 0.318 e. The van der Waals surface area contributed by atoms with Gasteiger partial charge in [0.15, 0.2) is 0 Å². The minimum absolute atomic E-state index is 0.00948. The predicted octanol–water partition coefficient (Wildman–Crippen LogP) is 3.87. The third-order valence-electron chi connectivity index (χ3n) is 5.43. The van der Waals surface area contributed by atoms with Gasteiger partial charge in [-0.3, -0.25) is 19.4 Å². The van der Waals surface area contributed by atoms with Crippen LogP contribution in [0.4, 0.5) is 4.79 Å². The Balaban J connectivity index is 1.97. The second kappa shape index (κ2) is 8.07. The Kier molecular flexibility index (Phi) is 5.73. The van der Waals surface area contributed by atoms with Gasteiger partial charge in [0.2, 0.25) is 0 Å². The standard InChI is InChI=1S/C23H27N3O3/c1-6-7-8-17-9-11-19(12-10-17)26-15(2)13-18(16(26)3)14-20-21(27)24(4)23(29)25(5)22(20)28/h9-14H,6-8H2,1-5H3. The van der Waals surface area contributed by atoms with Gasteiger partial charge in [-0.2, -0.15) is 0 Å². The molecule has 0 aliphatic carbocycles. The van der Waals surface area contributed by atoms with Crippen LogP contribution in [0.5, 0.6) is 0 Å². The van der Waals surface area contributed by atoms with Gasteiger partial charge in [0.25, 0.3) is 11.8 Å². The molecule has 152 valence electrons. The second-order valence-corrected chi connectivity index (χ2v) is 7.50. The van der Waals surface area contributed by atoms with Gasteiger partial charge in [0, 0.05) is 31.2 Å². The lowest BCUT2D eigenvalue weighted by molar-refractivity contribution is -0.134. The molecule has 1 aliphatic rings. The number of amides is 4. The van der Waals surface area contributed by atoms with Crippen molar-refractivity contribution in [1.82, 2.24) is 14.4 Å². The number of imide groups is 2. The number of hydrogen-bond acceptors (Lipinski definition) is 3. The zero-order valence-electron chi connectivity index (χ0n) is 17.7. The Bertz CT molecular complexity index is 973. The molecule has 4 amide bonds. The number of benzene rings is 1. The number of aromatic nitrogens is 1. The van der Waals surface area contributed by atoms with E-state index in [0.29, 0.717) is 0 Å². The number of barbiturate groups is 1. The van der Waals surface area contributed by atoms with Crippen LogP contribution in [0.25, 0.3) is 11.8 Å². The van der Waals surface area contributed by atoms with E-state index in [9.17, 15) is 14.4 Å². The molecule has 1 fully saturated rings. The first-order valence-electron chi connectivity index (χ1n) is 9.86. The van der Waals surface area contributed by atoms with Crippen LogP contribution >= 0.6 is 0 Å². The Hall–Kier alpha value is -3.15. The number of rotatable bonds is 5. The number of carbonyl (C=O) groups excluding carboxylic acids is 3. The van der Waals surface area contributed by atoms with E-state index in [-0.39, 0.29) is 5.57 Å². The molecule has 1 aliphatic heterocycles. The molecule has 6 nitrogen and oxygen atoms in total. The van der Waals surface area contributed by atoms with E-state index in [1.165, 1.54) is 32.5 Å². The molecule has 3 rings (SSSR count). The molecule has 1 saturated heterocycles. The first kappa shape index (κ1) is 20.6. The monoisotopic (exact) mass is 393 g/mol. The van der Waals surface area contributed by atoms with Crippen molar-refractivity contribution in [2.24, 2.45) is 0 Å². The summed E-state index contributed by atoms with van der Waals surface area (Å²) >= 11 is 0. The first-order chi connectivity index (χ1) is 13.8. The molecule has 1 aromatic carbocycles. The molecular weight excluding hydrogens is 366 g/mol. The maximum absolute atomic E-state index is 12.5. The van der Waals surface area contributed by atoms with E-state index in [1.807, 2.05) is 19.9 Å². The zero-order chi connectivity index (χ0) is 21.3. The molecule has 29 heavy (non-hydrogen) atoms. The molecule has 2 heterocycles. The van der Waals surface area contributed by atoms with Crippen LogP contribution in [-0.4, -0.2) is 46.3 Å². The summed E-state index contributed by atoms with van der Waals surface area (Å²) in [4.78, 5) is 38.8. The largest absolute Gasteiger partial charge is 0.333 e. The summed E-state index contributed by atoms with van der Waals surface area (Å²) in [5, 5.41) is 0. The van der Waals surface area contributed by atoms with Gasteiger partial charge >= 0.3 is 6.03 Å². The topological polar surface area (TPSA) is 62.6 Å². The van der Waals surface area contributed by atoms with E-state index < -0.39 is 17.8 Å². The van der Waals surface area contributed by atoms with Crippen molar-refractivity contribution < 1.29 is 14.4 Å². The summed E-state index contributed by atoms with van der Waals surface area (Å²) in [6.07, 6.45) is 5.00. The van der Waals surface area contributed by atoms with Crippen molar-refractivity contribution >= 4 is 23.9 Å². The molecule has 2 aromatic rings. The van der Waals surface area contributed by atoms with Crippen LogP contribution in [0.2, 0.25) is 0 Å².